The van der Waals surface area contributed by atoms with E-state index in [4.69, 9.17) is 15.2 Å². The summed E-state index contributed by atoms with van der Waals surface area (Å²) < 4.78 is 10.7. The topological polar surface area (TPSA) is 61.6 Å². The fourth-order valence-corrected chi connectivity index (χ4v) is 2.78. The Morgan fingerprint density at radius 1 is 0.870 bits per heavy atom. The minimum absolute atomic E-state index is 0.290. The molecule has 3 rings (SSSR count). The van der Waals surface area contributed by atoms with E-state index in [0.717, 1.165) is 42.7 Å². The van der Waals surface area contributed by atoms with Crippen molar-refractivity contribution in [3.8, 4) is 11.5 Å². The van der Waals surface area contributed by atoms with Crippen LogP contribution in [-0.4, -0.2) is 12.7 Å². The van der Waals surface area contributed by atoms with Crippen molar-refractivity contribution in [2.45, 2.75) is 32.1 Å². The van der Waals surface area contributed by atoms with Crippen LogP contribution in [-0.2, 0) is 24.1 Å². The lowest BCUT2D eigenvalue weighted by molar-refractivity contribution is -0.117. The van der Waals surface area contributed by atoms with Gasteiger partial charge in [-0.15, -0.1) is 0 Å². The molecule has 0 fully saturated rings. The van der Waals surface area contributed by atoms with Crippen molar-refractivity contribution in [2.24, 2.45) is 5.73 Å². The summed E-state index contributed by atoms with van der Waals surface area (Å²) in [5, 5.41) is 0. The molecule has 0 radical (unpaired) electrons. The largest absolute Gasteiger partial charge is 0.454 e. The number of unbranched alkanes of at least 4 members (excludes halogenated alkanes) is 1. The second-order valence-corrected chi connectivity index (χ2v) is 5.85. The smallest absolute Gasteiger partial charge is 0.231 e. The number of amides is 1. The third kappa shape index (κ3) is 4.25. The highest BCUT2D eigenvalue weighted by molar-refractivity contribution is 5.76. The van der Waals surface area contributed by atoms with Crippen LogP contribution >= 0.6 is 0 Å². The van der Waals surface area contributed by atoms with Crippen molar-refractivity contribution in [1.29, 1.82) is 0 Å². The molecule has 0 atom stereocenters. The van der Waals surface area contributed by atoms with Gasteiger partial charge in [0.05, 0.1) is 6.42 Å². The Bertz CT molecular complexity index is 680. The van der Waals surface area contributed by atoms with Crippen LogP contribution in [0.15, 0.2) is 42.5 Å². The summed E-state index contributed by atoms with van der Waals surface area (Å²) in [6.45, 7) is 0.324. The molecule has 0 aromatic heterocycles. The second-order valence-electron chi connectivity index (χ2n) is 5.85. The van der Waals surface area contributed by atoms with Crippen LogP contribution in [0.4, 0.5) is 0 Å². The molecule has 23 heavy (non-hydrogen) atoms. The quantitative estimate of drug-likeness (QED) is 0.800. The average Bonchev–Trinajstić information content (AvgIpc) is 3.00. The van der Waals surface area contributed by atoms with E-state index in [9.17, 15) is 4.79 Å². The minimum atomic E-state index is -0.290. The predicted octanol–water partition coefficient (Wildman–Crippen LogP) is 3.01. The normalized spacial score (nSPS) is 12.3. The van der Waals surface area contributed by atoms with E-state index >= 15 is 0 Å². The summed E-state index contributed by atoms with van der Waals surface area (Å²) in [6, 6.07) is 14.3. The monoisotopic (exact) mass is 311 g/mol. The molecule has 2 N–H and O–H groups in total. The molecule has 1 amide bonds. The van der Waals surface area contributed by atoms with E-state index < -0.39 is 0 Å². The molecule has 2 aromatic carbocycles. The van der Waals surface area contributed by atoms with Crippen LogP contribution < -0.4 is 15.2 Å². The first-order chi connectivity index (χ1) is 11.2. The van der Waals surface area contributed by atoms with Crippen LogP contribution in [0.1, 0.15) is 29.5 Å². The second kappa shape index (κ2) is 7.18. The zero-order valence-corrected chi connectivity index (χ0v) is 13.1. The molecule has 0 saturated carbocycles. The Labute approximate surface area is 136 Å². The highest BCUT2D eigenvalue weighted by atomic mass is 16.7. The number of primary amides is 1. The number of hydrogen-bond donors (Lipinski definition) is 1. The number of carbonyl (C=O) groups excluding carboxylic acids is 1. The van der Waals surface area contributed by atoms with E-state index in [1.54, 1.807) is 0 Å². The van der Waals surface area contributed by atoms with Crippen molar-refractivity contribution in [2.75, 3.05) is 6.79 Å². The lowest BCUT2D eigenvalue weighted by Crippen LogP contribution is -2.13. The summed E-state index contributed by atoms with van der Waals surface area (Å²) in [5.41, 5.74) is 8.75. The average molecular weight is 311 g/mol. The predicted molar refractivity (Wildman–Crippen MR) is 88.5 cm³/mol. The van der Waals surface area contributed by atoms with Gasteiger partial charge in [0.1, 0.15) is 0 Å². The number of fused-ring (bicyclic) bond motifs is 1. The van der Waals surface area contributed by atoms with Gasteiger partial charge >= 0.3 is 0 Å². The van der Waals surface area contributed by atoms with Gasteiger partial charge < -0.3 is 15.2 Å². The third-order valence-corrected chi connectivity index (χ3v) is 4.02. The van der Waals surface area contributed by atoms with Crippen molar-refractivity contribution < 1.29 is 14.3 Å². The summed E-state index contributed by atoms with van der Waals surface area (Å²) in [5.74, 6) is 1.40. The molecular formula is C19H21NO3. The molecule has 1 aliphatic rings. The highest BCUT2D eigenvalue weighted by Crippen LogP contribution is 2.32. The van der Waals surface area contributed by atoms with E-state index in [1.165, 1.54) is 11.1 Å². The molecule has 4 heteroatoms. The van der Waals surface area contributed by atoms with Crippen molar-refractivity contribution >= 4 is 5.91 Å². The van der Waals surface area contributed by atoms with Gasteiger partial charge in [-0.1, -0.05) is 30.3 Å². The fraction of sp³-hybridized carbons (Fsp3) is 0.316. The van der Waals surface area contributed by atoms with Gasteiger partial charge in [-0.25, -0.2) is 0 Å². The molecule has 0 unspecified atom stereocenters. The lowest BCUT2D eigenvalue weighted by Gasteiger charge is -2.05. The van der Waals surface area contributed by atoms with Gasteiger partial charge in [-0.2, -0.15) is 0 Å². The van der Waals surface area contributed by atoms with Gasteiger partial charge in [-0.05, 0) is 54.5 Å². The molecule has 1 heterocycles. The first-order valence-corrected chi connectivity index (χ1v) is 7.95. The molecular weight excluding hydrogens is 290 g/mol. The SMILES string of the molecule is NC(=O)Cc1ccc(CCCCc2ccc3c(c2)OCO3)cc1. The Kier molecular flexibility index (Phi) is 4.81. The minimum Gasteiger partial charge on any atom is -0.454 e. The molecule has 4 nitrogen and oxygen atoms in total. The first kappa shape index (κ1) is 15.4. The number of aryl methyl sites for hydroxylation is 2. The van der Waals surface area contributed by atoms with Crippen LogP contribution in [0.2, 0.25) is 0 Å². The molecule has 1 aliphatic heterocycles. The maximum Gasteiger partial charge on any atom is 0.231 e. The number of benzene rings is 2. The standard InChI is InChI=1S/C19H21NO3/c20-19(21)12-16-7-5-14(6-8-16)3-1-2-4-15-9-10-17-18(11-15)23-13-22-17/h5-11H,1-4,12-13H2,(H2,20,21). The maximum absolute atomic E-state index is 10.9. The molecule has 2 aromatic rings. The van der Waals surface area contributed by atoms with E-state index in [-0.39, 0.29) is 5.91 Å². The van der Waals surface area contributed by atoms with Gasteiger partial charge in [0, 0.05) is 0 Å². The highest BCUT2D eigenvalue weighted by Gasteiger charge is 2.12. The van der Waals surface area contributed by atoms with Gasteiger partial charge in [0.2, 0.25) is 12.7 Å². The van der Waals surface area contributed by atoms with E-state index in [0.29, 0.717) is 13.2 Å². The number of rotatable bonds is 7. The lowest BCUT2D eigenvalue weighted by atomic mass is 10.0. The van der Waals surface area contributed by atoms with Crippen molar-refractivity contribution in [3.05, 3.63) is 59.2 Å². The molecule has 0 aliphatic carbocycles. The maximum atomic E-state index is 10.9. The molecule has 120 valence electrons. The van der Waals surface area contributed by atoms with Crippen molar-refractivity contribution in [3.63, 3.8) is 0 Å². The summed E-state index contributed by atoms with van der Waals surface area (Å²) in [4.78, 5) is 10.9. The van der Waals surface area contributed by atoms with Crippen LogP contribution in [0.5, 0.6) is 11.5 Å². The van der Waals surface area contributed by atoms with Gasteiger partial charge in [-0.3, -0.25) is 4.79 Å². The fourth-order valence-electron chi connectivity index (χ4n) is 2.78. The zero-order valence-electron chi connectivity index (χ0n) is 13.1. The third-order valence-electron chi connectivity index (χ3n) is 4.02. The van der Waals surface area contributed by atoms with Gasteiger partial charge in [0.15, 0.2) is 11.5 Å². The molecule has 0 spiro atoms. The molecule has 0 bridgehead atoms. The Morgan fingerprint density at radius 3 is 2.22 bits per heavy atom. The van der Waals surface area contributed by atoms with Gasteiger partial charge in [0.25, 0.3) is 0 Å². The Balaban J connectivity index is 1.43. The number of carbonyl (C=O) groups is 1. The zero-order chi connectivity index (χ0) is 16.1. The molecule has 0 saturated heterocycles. The van der Waals surface area contributed by atoms with Crippen molar-refractivity contribution in [1.82, 2.24) is 0 Å². The van der Waals surface area contributed by atoms with E-state index in [1.807, 2.05) is 18.2 Å². The Morgan fingerprint density at radius 2 is 1.48 bits per heavy atom. The summed E-state index contributed by atoms with van der Waals surface area (Å²) in [7, 11) is 0. The van der Waals surface area contributed by atoms with E-state index in [2.05, 4.69) is 24.3 Å². The van der Waals surface area contributed by atoms with Crippen LogP contribution in [0.25, 0.3) is 0 Å². The first-order valence-electron chi connectivity index (χ1n) is 7.95. The number of ether oxygens (including phenoxy) is 2. The van der Waals surface area contributed by atoms with Crippen LogP contribution in [0.3, 0.4) is 0 Å². The number of nitrogens with two attached hydrogens (primary N) is 1. The number of hydrogen-bond acceptors (Lipinski definition) is 3. The Hall–Kier alpha value is -2.49. The summed E-state index contributed by atoms with van der Waals surface area (Å²) in [6.07, 6.45) is 4.65. The van der Waals surface area contributed by atoms with Crippen LogP contribution in [0, 0.1) is 0 Å². The summed E-state index contributed by atoms with van der Waals surface area (Å²) >= 11 is 0.